The Morgan fingerprint density at radius 1 is 0.968 bits per heavy atom. The van der Waals surface area contributed by atoms with E-state index in [-0.39, 0.29) is 16.3 Å². The van der Waals surface area contributed by atoms with Crippen LogP contribution >= 0.6 is 0 Å². The number of aromatic nitrogens is 3. The number of fused-ring (bicyclic) bond motifs is 1. The van der Waals surface area contributed by atoms with Crippen LogP contribution in [0.2, 0.25) is 0 Å². The maximum Gasteiger partial charge on any atom is 0.263 e. The number of benzene rings is 2. The van der Waals surface area contributed by atoms with Crippen LogP contribution in [0.4, 0.5) is 5.82 Å². The zero-order valence-electron chi connectivity index (χ0n) is 17.6. The van der Waals surface area contributed by atoms with Crippen LogP contribution in [-0.4, -0.2) is 23.2 Å². The van der Waals surface area contributed by atoms with Gasteiger partial charge in [0.1, 0.15) is 11.6 Å². The molecule has 4 rings (SSSR count). The standard InChI is InChI=1S/C23H21N5O2S/c1-14-5-7-19(8-6-14)31(29,30)27-23-18(12-24)13-25-28(23)21-11-16(3)20-10-15(2)9-17(4)22(20)26-21/h5-11,13,27H,1-4H3. The molecule has 2 heterocycles. The van der Waals surface area contributed by atoms with Crippen molar-refractivity contribution < 1.29 is 8.42 Å². The lowest BCUT2D eigenvalue weighted by Crippen LogP contribution is -2.17. The molecule has 0 saturated heterocycles. The van der Waals surface area contributed by atoms with Gasteiger partial charge >= 0.3 is 0 Å². The fourth-order valence-electron chi connectivity index (χ4n) is 3.54. The molecule has 0 fully saturated rings. The van der Waals surface area contributed by atoms with Crippen molar-refractivity contribution in [1.29, 1.82) is 5.26 Å². The van der Waals surface area contributed by atoms with Crippen molar-refractivity contribution in [2.24, 2.45) is 0 Å². The molecule has 0 radical (unpaired) electrons. The molecule has 1 N–H and O–H groups in total. The number of nitrogens with one attached hydrogen (secondary N) is 1. The van der Waals surface area contributed by atoms with E-state index < -0.39 is 10.0 Å². The molecule has 31 heavy (non-hydrogen) atoms. The van der Waals surface area contributed by atoms with Gasteiger partial charge in [0.25, 0.3) is 10.0 Å². The molecule has 7 nitrogen and oxygen atoms in total. The molecule has 0 saturated carbocycles. The molecule has 4 aromatic rings. The van der Waals surface area contributed by atoms with Crippen molar-refractivity contribution in [2.45, 2.75) is 32.6 Å². The van der Waals surface area contributed by atoms with Crippen LogP contribution in [0.15, 0.2) is 53.6 Å². The fourth-order valence-corrected chi connectivity index (χ4v) is 4.60. The van der Waals surface area contributed by atoms with Crippen LogP contribution in [0.1, 0.15) is 27.8 Å². The van der Waals surface area contributed by atoms with E-state index in [2.05, 4.69) is 15.9 Å². The van der Waals surface area contributed by atoms with Crippen LogP contribution in [0, 0.1) is 39.0 Å². The Labute approximate surface area is 181 Å². The average molecular weight is 432 g/mol. The third kappa shape index (κ3) is 3.76. The molecule has 0 aliphatic rings. The van der Waals surface area contributed by atoms with Crippen molar-refractivity contribution in [3.05, 3.63) is 76.5 Å². The van der Waals surface area contributed by atoms with Crippen LogP contribution in [-0.2, 0) is 10.0 Å². The number of sulfonamides is 1. The molecular formula is C23H21N5O2S. The molecule has 156 valence electrons. The summed E-state index contributed by atoms with van der Waals surface area (Å²) in [6.07, 6.45) is 1.33. The monoisotopic (exact) mass is 431 g/mol. The minimum Gasteiger partial charge on any atom is -0.262 e. The summed E-state index contributed by atoms with van der Waals surface area (Å²) in [7, 11) is -3.92. The van der Waals surface area contributed by atoms with Crippen LogP contribution in [0.5, 0.6) is 0 Å². The van der Waals surface area contributed by atoms with Crippen molar-refractivity contribution in [2.75, 3.05) is 4.72 Å². The van der Waals surface area contributed by atoms with E-state index >= 15 is 0 Å². The second-order valence-electron chi connectivity index (χ2n) is 7.62. The number of rotatable bonds is 4. The third-order valence-corrected chi connectivity index (χ3v) is 6.47. The Balaban J connectivity index is 1.86. The zero-order chi connectivity index (χ0) is 22.3. The molecule has 0 unspecified atom stereocenters. The zero-order valence-corrected chi connectivity index (χ0v) is 18.4. The summed E-state index contributed by atoms with van der Waals surface area (Å²) < 4.78 is 29.8. The van der Waals surface area contributed by atoms with Gasteiger partial charge in [-0.3, -0.25) is 4.72 Å². The van der Waals surface area contributed by atoms with Crippen LogP contribution in [0.3, 0.4) is 0 Å². The average Bonchev–Trinajstić information content (AvgIpc) is 3.11. The second-order valence-corrected chi connectivity index (χ2v) is 9.31. The highest BCUT2D eigenvalue weighted by Gasteiger charge is 2.22. The minimum absolute atomic E-state index is 0.0547. The van der Waals surface area contributed by atoms with E-state index in [1.165, 1.54) is 23.0 Å². The van der Waals surface area contributed by atoms with E-state index in [1.54, 1.807) is 12.1 Å². The lowest BCUT2D eigenvalue weighted by molar-refractivity contribution is 0.600. The van der Waals surface area contributed by atoms with Gasteiger partial charge in [-0.05, 0) is 63.1 Å². The SMILES string of the molecule is Cc1ccc(S(=O)(=O)Nc2c(C#N)cnn2-c2cc(C)c3cc(C)cc(C)c3n2)cc1. The Kier molecular flexibility index (Phi) is 4.99. The minimum atomic E-state index is -3.92. The summed E-state index contributed by atoms with van der Waals surface area (Å²) in [4.78, 5) is 4.83. The van der Waals surface area contributed by atoms with Crippen molar-refractivity contribution in [3.8, 4) is 11.9 Å². The molecule has 0 amide bonds. The molecule has 2 aromatic heterocycles. The van der Waals surface area contributed by atoms with E-state index in [0.717, 1.165) is 33.2 Å². The fraction of sp³-hybridized carbons (Fsp3) is 0.174. The lowest BCUT2D eigenvalue weighted by Gasteiger charge is -2.13. The molecule has 0 atom stereocenters. The van der Waals surface area contributed by atoms with Gasteiger partial charge in [0.05, 0.1) is 16.6 Å². The van der Waals surface area contributed by atoms with Gasteiger partial charge in [-0.1, -0.05) is 29.3 Å². The Morgan fingerprint density at radius 3 is 2.35 bits per heavy atom. The number of anilines is 1. The normalized spacial score (nSPS) is 11.5. The summed E-state index contributed by atoms with van der Waals surface area (Å²) in [5.41, 5.74) is 4.99. The first kappa shape index (κ1) is 20.6. The number of aryl methyl sites for hydroxylation is 4. The number of pyridine rings is 1. The van der Waals surface area contributed by atoms with E-state index in [4.69, 9.17) is 4.98 Å². The topological polar surface area (TPSA) is 101 Å². The largest absolute Gasteiger partial charge is 0.263 e. The number of nitrogens with zero attached hydrogens (tertiary/aromatic N) is 4. The summed E-state index contributed by atoms with van der Waals surface area (Å²) >= 11 is 0. The molecule has 2 aromatic carbocycles. The molecule has 0 spiro atoms. The van der Waals surface area contributed by atoms with E-state index in [1.807, 2.05) is 45.9 Å². The highest BCUT2D eigenvalue weighted by atomic mass is 32.2. The van der Waals surface area contributed by atoms with Gasteiger partial charge in [0.2, 0.25) is 0 Å². The van der Waals surface area contributed by atoms with Gasteiger partial charge in [-0.2, -0.15) is 15.0 Å². The predicted octanol–water partition coefficient (Wildman–Crippen LogP) is 4.33. The van der Waals surface area contributed by atoms with Gasteiger partial charge in [-0.15, -0.1) is 0 Å². The quantitative estimate of drug-likeness (QED) is 0.518. The highest BCUT2D eigenvalue weighted by Crippen LogP contribution is 2.27. The number of hydrogen-bond acceptors (Lipinski definition) is 5. The van der Waals surface area contributed by atoms with Gasteiger partial charge in [0, 0.05) is 5.39 Å². The molecule has 8 heteroatoms. The Morgan fingerprint density at radius 2 is 1.68 bits per heavy atom. The first-order valence-corrected chi connectivity index (χ1v) is 11.1. The number of nitriles is 1. The second kappa shape index (κ2) is 7.52. The Hall–Kier alpha value is -3.70. The van der Waals surface area contributed by atoms with Crippen LogP contribution in [0.25, 0.3) is 16.7 Å². The third-order valence-electron chi connectivity index (χ3n) is 5.11. The van der Waals surface area contributed by atoms with Crippen LogP contribution < -0.4 is 4.72 Å². The maximum atomic E-state index is 13.0. The number of hydrogen-bond donors (Lipinski definition) is 1. The molecular weight excluding hydrogens is 410 g/mol. The summed E-state index contributed by atoms with van der Waals surface area (Å²) in [5.74, 6) is 0.485. The summed E-state index contributed by atoms with van der Waals surface area (Å²) in [6.45, 7) is 7.86. The van der Waals surface area contributed by atoms with E-state index in [9.17, 15) is 13.7 Å². The first-order chi connectivity index (χ1) is 14.7. The molecule has 0 aliphatic carbocycles. The van der Waals surface area contributed by atoms with Gasteiger partial charge in [0.15, 0.2) is 11.6 Å². The van der Waals surface area contributed by atoms with Crippen molar-refractivity contribution in [1.82, 2.24) is 14.8 Å². The van der Waals surface area contributed by atoms with Gasteiger partial charge in [-0.25, -0.2) is 13.4 Å². The van der Waals surface area contributed by atoms with E-state index in [0.29, 0.717) is 5.82 Å². The summed E-state index contributed by atoms with van der Waals surface area (Å²) in [6, 6.07) is 14.4. The molecule has 0 bridgehead atoms. The van der Waals surface area contributed by atoms with Gasteiger partial charge < -0.3 is 0 Å². The maximum absolute atomic E-state index is 13.0. The lowest BCUT2D eigenvalue weighted by atomic mass is 10.0. The van der Waals surface area contributed by atoms with Crippen molar-refractivity contribution >= 4 is 26.7 Å². The predicted molar refractivity (Wildman–Crippen MR) is 120 cm³/mol. The molecule has 0 aliphatic heterocycles. The van der Waals surface area contributed by atoms with Crippen molar-refractivity contribution in [3.63, 3.8) is 0 Å². The highest BCUT2D eigenvalue weighted by molar-refractivity contribution is 7.92. The Bertz CT molecular complexity index is 1460. The smallest absolute Gasteiger partial charge is 0.262 e. The first-order valence-electron chi connectivity index (χ1n) is 9.66. The summed E-state index contributed by atoms with van der Waals surface area (Å²) in [5, 5.41) is 14.8.